The van der Waals surface area contributed by atoms with Crippen molar-refractivity contribution in [3.8, 4) is 0 Å². The number of rotatable bonds is 5. The van der Waals surface area contributed by atoms with Gasteiger partial charge in [0, 0.05) is 0 Å². The molecular formula is C7H16O9. The second kappa shape index (κ2) is 9.27. The average molecular weight is 244 g/mol. The Morgan fingerprint density at radius 2 is 1.00 bits per heavy atom. The van der Waals surface area contributed by atoms with Crippen LogP contribution in [0.1, 0.15) is 0 Å². The van der Waals surface area contributed by atoms with E-state index in [0.717, 1.165) is 0 Å². The van der Waals surface area contributed by atoms with E-state index in [0.29, 0.717) is 0 Å². The summed E-state index contributed by atoms with van der Waals surface area (Å²) in [6.07, 6.45) is -8.23. The summed E-state index contributed by atoms with van der Waals surface area (Å²) in [5, 5.41) is 66.1. The van der Waals surface area contributed by atoms with Crippen LogP contribution in [0, 0.1) is 0 Å². The molecule has 0 aliphatic heterocycles. The van der Waals surface area contributed by atoms with Gasteiger partial charge in [-0.05, 0) is 0 Å². The minimum atomic E-state index is -1.83. The minimum absolute atomic E-state index is 0.726. The molecule has 9 heteroatoms. The molecule has 0 bridgehead atoms. The summed E-state index contributed by atoms with van der Waals surface area (Å²) in [5.41, 5.74) is 0. The van der Waals surface area contributed by atoms with Crippen LogP contribution >= 0.6 is 0 Å². The average Bonchev–Trinajstić information content (AvgIpc) is 2.24. The van der Waals surface area contributed by atoms with Crippen LogP contribution in [0.3, 0.4) is 0 Å². The Balaban J connectivity index is 0. The van der Waals surface area contributed by atoms with Crippen LogP contribution in [0.2, 0.25) is 0 Å². The molecule has 9 nitrogen and oxygen atoms in total. The van der Waals surface area contributed by atoms with Gasteiger partial charge in [-0.1, -0.05) is 0 Å². The first-order chi connectivity index (χ1) is 7.27. The highest BCUT2D eigenvalue weighted by atomic mass is 16.6. The Morgan fingerprint density at radius 1 is 0.812 bits per heavy atom. The molecule has 0 spiro atoms. The zero-order valence-corrected chi connectivity index (χ0v) is 8.21. The monoisotopic (exact) mass is 244 g/mol. The highest BCUT2D eigenvalue weighted by molar-refractivity contribution is 5.53. The zero-order chi connectivity index (χ0) is 13.3. The van der Waals surface area contributed by atoms with E-state index < -0.39 is 43.8 Å². The van der Waals surface area contributed by atoms with Gasteiger partial charge in [-0.15, -0.1) is 0 Å². The SMILES string of the molecule is O=C(O)O.OCC(O)C(O)C(O)C(O)CO. The third-order valence-electron chi connectivity index (χ3n) is 1.51. The maximum atomic E-state index is 8.96. The van der Waals surface area contributed by atoms with Gasteiger partial charge < -0.3 is 40.9 Å². The lowest BCUT2D eigenvalue weighted by atomic mass is 10.0. The number of carboxylic acid groups (broad SMARTS) is 2. The molecule has 0 heterocycles. The molecule has 0 aliphatic rings. The summed E-state index contributed by atoms with van der Waals surface area (Å²) in [7, 11) is 0. The van der Waals surface area contributed by atoms with Gasteiger partial charge in [-0.25, -0.2) is 4.79 Å². The predicted molar refractivity (Wildman–Crippen MR) is 48.9 cm³/mol. The molecule has 0 saturated carbocycles. The second-order valence-corrected chi connectivity index (χ2v) is 2.76. The first kappa shape index (κ1) is 17.4. The van der Waals surface area contributed by atoms with E-state index in [2.05, 4.69) is 0 Å². The number of carbonyl (C=O) groups is 1. The van der Waals surface area contributed by atoms with Gasteiger partial charge in [0.25, 0.3) is 0 Å². The van der Waals surface area contributed by atoms with E-state index >= 15 is 0 Å². The van der Waals surface area contributed by atoms with Gasteiger partial charge in [0.15, 0.2) is 0 Å². The first-order valence-electron chi connectivity index (χ1n) is 4.13. The van der Waals surface area contributed by atoms with E-state index in [9.17, 15) is 0 Å². The van der Waals surface area contributed by atoms with Crippen LogP contribution in [0.4, 0.5) is 4.79 Å². The van der Waals surface area contributed by atoms with Crippen molar-refractivity contribution in [2.24, 2.45) is 0 Å². The molecule has 0 radical (unpaired) electrons. The van der Waals surface area contributed by atoms with E-state index in [1.807, 2.05) is 0 Å². The minimum Gasteiger partial charge on any atom is -0.450 e. The topological polar surface area (TPSA) is 179 Å². The molecule has 0 aromatic rings. The van der Waals surface area contributed by atoms with E-state index in [4.69, 9.17) is 45.6 Å². The van der Waals surface area contributed by atoms with Gasteiger partial charge in [0.2, 0.25) is 0 Å². The summed E-state index contributed by atoms with van der Waals surface area (Å²) in [4.78, 5) is 8.56. The van der Waals surface area contributed by atoms with Gasteiger partial charge in [0.1, 0.15) is 24.4 Å². The van der Waals surface area contributed by atoms with Crippen molar-refractivity contribution in [1.82, 2.24) is 0 Å². The Labute approximate surface area is 90.5 Å². The maximum absolute atomic E-state index is 8.96. The fourth-order valence-electron chi connectivity index (χ4n) is 0.671. The van der Waals surface area contributed by atoms with Crippen LogP contribution in [0.25, 0.3) is 0 Å². The van der Waals surface area contributed by atoms with Crippen LogP contribution < -0.4 is 0 Å². The Kier molecular flexibility index (Phi) is 10.1. The van der Waals surface area contributed by atoms with E-state index in [1.165, 1.54) is 0 Å². The molecule has 4 atom stereocenters. The van der Waals surface area contributed by atoms with Gasteiger partial charge in [-0.3, -0.25) is 0 Å². The summed E-state index contributed by atoms with van der Waals surface area (Å²) in [6.45, 7) is -1.45. The molecule has 4 unspecified atom stereocenters. The largest absolute Gasteiger partial charge is 0.503 e. The summed E-state index contributed by atoms with van der Waals surface area (Å²) >= 11 is 0. The molecule has 0 fully saturated rings. The van der Waals surface area contributed by atoms with Crippen molar-refractivity contribution in [3.05, 3.63) is 0 Å². The molecular weight excluding hydrogens is 228 g/mol. The van der Waals surface area contributed by atoms with Crippen molar-refractivity contribution in [3.63, 3.8) is 0 Å². The lowest BCUT2D eigenvalue weighted by molar-refractivity contribution is -0.123. The van der Waals surface area contributed by atoms with Crippen LogP contribution in [-0.4, -0.2) is 84.6 Å². The van der Waals surface area contributed by atoms with Crippen molar-refractivity contribution >= 4 is 6.16 Å². The van der Waals surface area contributed by atoms with Crippen molar-refractivity contribution in [2.45, 2.75) is 24.4 Å². The lowest BCUT2D eigenvalue weighted by Crippen LogP contribution is -2.46. The molecule has 0 aromatic heterocycles. The quantitative estimate of drug-likeness (QED) is 0.245. The van der Waals surface area contributed by atoms with Gasteiger partial charge >= 0.3 is 6.16 Å². The molecule has 0 rings (SSSR count). The van der Waals surface area contributed by atoms with Crippen molar-refractivity contribution in [1.29, 1.82) is 0 Å². The summed E-state index contributed by atoms with van der Waals surface area (Å²) < 4.78 is 0. The molecule has 16 heavy (non-hydrogen) atoms. The number of hydrogen-bond donors (Lipinski definition) is 8. The first-order valence-corrected chi connectivity index (χ1v) is 4.13. The van der Waals surface area contributed by atoms with Crippen LogP contribution in [-0.2, 0) is 0 Å². The summed E-state index contributed by atoms with van der Waals surface area (Å²) in [5.74, 6) is 0. The molecule has 0 aromatic carbocycles. The Hall–Kier alpha value is -0.970. The molecule has 0 aliphatic carbocycles. The summed E-state index contributed by atoms with van der Waals surface area (Å²) in [6, 6.07) is 0. The molecule has 0 saturated heterocycles. The highest BCUT2D eigenvalue weighted by Gasteiger charge is 2.29. The Bertz CT molecular complexity index is 167. The highest BCUT2D eigenvalue weighted by Crippen LogP contribution is 2.03. The molecule has 0 amide bonds. The van der Waals surface area contributed by atoms with Crippen molar-refractivity contribution < 1.29 is 45.6 Å². The molecule has 98 valence electrons. The number of aliphatic hydroxyl groups excluding tert-OH is 6. The second-order valence-electron chi connectivity index (χ2n) is 2.76. The third kappa shape index (κ3) is 8.35. The molecule has 8 N–H and O–H groups in total. The van der Waals surface area contributed by atoms with Gasteiger partial charge in [0.05, 0.1) is 13.2 Å². The van der Waals surface area contributed by atoms with E-state index in [1.54, 1.807) is 0 Å². The smallest absolute Gasteiger partial charge is 0.450 e. The standard InChI is InChI=1S/C6H14O6.CH2O3/c7-1-3(9)5(11)6(12)4(10)2-8;2-1(3)4/h3-12H,1-2H2;(H2,2,3,4). The van der Waals surface area contributed by atoms with E-state index in [-0.39, 0.29) is 0 Å². The van der Waals surface area contributed by atoms with Crippen molar-refractivity contribution in [2.75, 3.05) is 13.2 Å². The fourth-order valence-corrected chi connectivity index (χ4v) is 0.671. The fraction of sp³-hybridized carbons (Fsp3) is 0.857. The predicted octanol–water partition coefficient (Wildman–Crippen LogP) is -3.36. The van der Waals surface area contributed by atoms with Gasteiger partial charge in [-0.2, -0.15) is 0 Å². The third-order valence-corrected chi connectivity index (χ3v) is 1.51. The zero-order valence-electron chi connectivity index (χ0n) is 8.21. The maximum Gasteiger partial charge on any atom is 0.503 e. The lowest BCUT2D eigenvalue weighted by Gasteiger charge is -2.24. The number of hydrogen-bond acceptors (Lipinski definition) is 7. The normalized spacial score (nSPS) is 17.6. The number of aliphatic hydroxyl groups is 6. The van der Waals surface area contributed by atoms with Crippen LogP contribution in [0.15, 0.2) is 0 Å². The Morgan fingerprint density at radius 3 is 1.12 bits per heavy atom. The van der Waals surface area contributed by atoms with Crippen LogP contribution in [0.5, 0.6) is 0 Å².